The number of aliphatic hydroxyl groups is 4. The zero-order valence-corrected chi connectivity index (χ0v) is 20.5. The molecule has 1 aliphatic heterocycles. The van der Waals surface area contributed by atoms with Crippen LogP contribution >= 0.6 is 0 Å². The summed E-state index contributed by atoms with van der Waals surface area (Å²) in [5.41, 5.74) is -0.989. The van der Waals surface area contributed by atoms with Crippen molar-refractivity contribution >= 4 is 11.8 Å². The van der Waals surface area contributed by atoms with Gasteiger partial charge in [0.1, 0.15) is 30.2 Å². The van der Waals surface area contributed by atoms with E-state index in [4.69, 9.17) is 9.47 Å². The normalized spacial score (nSPS) is 54.8. The SMILES string of the molecule is CC1(C(=O)OC2O[C@H](CO)[C@@H](O)[C@H](O)[C@H]2O)CCC[C@@]2(C)[C@H]1CC[C@@]13CC(=O)[C@](C)(CC[C@@H]12)C3. The lowest BCUT2D eigenvalue weighted by Crippen LogP contribution is -2.62. The van der Waals surface area contributed by atoms with Gasteiger partial charge in [-0.15, -0.1) is 0 Å². The molecule has 4 saturated carbocycles. The van der Waals surface area contributed by atoms with E-state index < -0.39 is 48.7 Å². The molecule has 1 spiro atoms. The average molecular weight is 481 g/mol. The lowest BCUT2D eigenvalue weighted by atomic mass is 9.40. The Morgan fingerprint density at radius 3 is 2.41 bits per heavy atom. The molecule has 5 aliphatic rings. The number of rotatable bonds is 3. The molecule has 1 heterocycles. The Bertz CT molecular complexity index is 860. The van der Waals surface area contributed by atoms with Crippen LogP contribution in [0.15, 0.2) is 0 Å². The third-order valence-corrected chi connectivity index (χ3v) is 10.9. The zero-order valence-electron chi connectivity index (χ0n) is 20.5. The molecule has 192 valence electrons. The molecule has 0 aromatic heterocycles. The first kappa shape index (κ1) is 24.6. The molecule has 1 saturated heterocycles. The molecule has 4 aliphatic carbocycles. The van der Waals surface area contributed by atoms with Crippen LogP contribution < -0.4 is 0 Å². The predicted octanol–water partition coefficient (Wildman–Crippen LogP) is 1.70. The van der Waals surface area contributed by atoms with E-state index in [1.807, 2.05) is 6.92 Å². The summed E-state index contributed by atoms with van der Waals surface area (Å²) in [6.07, 6.45) is 0.706. The molecule has 5 fully saturated rings. The Kier molecular flexibility index (Phi) is 5.77. The summed E-state index contributed by atoms with van der Waals surface area (Å²) < 4.78 is 11.1. The minimum Gasteiger partial charge on any atom is -0.432 e. The van der Waals surface area contributed by atoms with Crippen molar-refractivity contribution in [2.24, 2.45) is 33.5 Å². The number of ether oxygens (including phenoxy) is 2. The van der Waals surface area contributed by atoms with Crippen LogP contribution in [-0.2, 0) is 19.1 Å². The van der Waals surface area contributed by atoms with Crippen molar-refractivity contribution in [2.75, 3.05) is 6.61 Å². The van der Waals surface area contributed by atoms with Crippen LogP contribution in [0.3, 0.4) is 0 Å². The molecule has 2 bridgehead atoms. The van der Waals surface area contributed by atoms with Crippen LogP contribution in [-0.4, -0.2) is 69.5 Å². The van der Waals surface area contributed by atoms with Crippen LogP contribution in [0.25, 0.3) is 0 Å². The molecule has 0 radical (unpaired) electrons. The standard InChI is InChI=1S/C26H40O8/c1-23-9-5-16-24(2)7-4-8-25(3,15(24)6-10-26(16,13-23)11-17(23)28)22(32)34-21-20(31)19(30)18(29)14(12-27)33-21/h14-16,18-21,27,29-31H,4-13H2,1-3H3/t14-,15-,16-,18-,19+,20-,21?,23-,24+,25?,26+/m1/s1. The van der Waals surface area contributed by atoms with Gasteiger partial charge in [-0.1, -0.05) is 20.3 Å². The summed E-state index contributed by atoms with van der Waals surface area (Å²) in [6.45, 7) is 5.83. The number of carbonyl (C=O) groups excluding carboxylic acids is 2. The van der Waals surface area contributed by atoms with Crippen molar-refractivity contribution in [2.45, 2.75) is 109 Å². The quantitative estimate of drug-likeness (QED) is 0.449. The van der Waals surface area contributed by atoms with Gasteiger partial charge < -0.3 is 29.9 Å². The van der Waals surface area contributed by atoms with Gasteiger partial charge in [-0.3, -0.25) is 9.59 Å². The summed E-state index contributed by atoms with van der Waals surface area (Å²) >= 11 is 0. The molecule has 0 amide bonds. The van der Waals surface area contributed by atoms with Gasteiger partial charge in [0.25, 0.3) is 0 Å². The number of ketones is 1. The maximum atomic E-state index is 13.7. The molecule has 8 heteroatoms. The lowest BCUT2D eigenvalue weighted by molar-refractivity contribution is -0.298. The number of carbonyl (C=O) groups is 2. The van der Waals surface area contributed by atoms with E-state index in [9.17, 15) is 30.0 Å². The molecule has 2 unspecified atom stereocenters. The number of hydrogen-bond donors (Lipinski definition) is 4. The van der Waals surface area contributed by atoms with Crippen LogP contribution in [0.5, 0.6) is 0 Å². The van der Waals surface area contributed by atoms with Gasteiger partial charge in [0.15, 0.2) is 0 Å². The fourth-order valence-corrected chi connectivity index (χ4v) is 9.15. The van der Waals surface area contributed by atoms with Crippen molar-refractivity contribution in [3.05, 3.63) is 0 Å². The largest absolute Gasteiger partial charge is 0.432 e. The Labute approximate surface area is 201 Å². The Hall–Kier alpha value is -1.06. The average Bonchev–Trinajstić information content (AvgIpc) is 2.96. The summed E-state index contributed by atoms with van der Waals surface area (Å²) in [7, 11) is 0. The van der Waals surface area contributed by atoms with Gasteiger partial charge in [-0.2, -0.15) is 0 Å². The fourth-order valence-electron chi connectivity index (χ4n) is 9.15. The number of fused-ring (bicyclic) bond motifs is 3. The molecule has 0 aromatic rings. The monoisotopic (exact) mass is 480 g/mol. The summed E-state index contributed by atoms with van der Waals surface area (Å²) in [6, 6.07) is 0. The van der Waals surface area contributed by atoms with Crippen molar-refractivity contribution in [1.29, 1.82) is 0 Å². The van der Waals surface area contributed by atoms with E-state index in [2.05, 4.69) is 13.8 Å². The van der Waals surface area contributed by atoms with Crippen molar-refractivity contribution in [3.63, 3.8) is 0 Å². The minimum atomic E-state index is -1.60. The highest BCUT2D eigenvalue weighted by atomic mass is 16.7. The smallest absolute Gasteiger partial charge is 0.314 e. The second-order valence-electron chi connectivity index (χ2n) is 12.8. The topological polar surface area (TPSA) is 134 Å². The zero-order chi connectivity index (χ0) is 24.7. The van der Waals surface area contributed by atoms with Crippen LogP contribution in [0.1, 0.15) is 78.6 Å². The van der Waals surface area contributed by atoms with Crippen LogP contribution in [0.4, 0.5) is 0 Å². The van der Waals surface area contributed by atoms with E-state index >= 15 is 0 Å². The Morgan fingerprint density at radius 2 is 1.71 bits per heavy atom. The first-order valence-corrected chi connectivity index (χ1v) is 13.0. The number of aliphatic hydroxyl groups excluding tert-OH is 4. The highest BCUT2D eigenvalue weighted by Gasteiger charge is 2.68. The van der Waals surface area contributed by atoms with E-state index in [0.717, 1.165) is 44.9 Å². The maximum absolute atomic E-state index is 13.7. The third-order valence-electron chi connectivity index (χ3n) is 10.9. The van der Waals surface area contributed by atoms with Crippen molar-refractivity contribution < 1.29 is 39.5 Å². The molecule has 8 nitrogen and oxygen atoms in total. The lowest BCUT2D eigenvalue weighted by Gasteiger charge is -2.64. The fraction of sp³-hybridized carbons (Fsp3) is 0.923. The first-order chi connectivity index (χ1) is 15.9. The summed E-state index contributed by atoms with van der Waals surface area (Å²) in [5, 5.41) is 40.0. The van der Waals surface area contributed by atoms with Gasteiger partial charge in [-0.05, 0) is 74.5 Å². The van der Waals surface area contributed by atoms with Gasteiger partial charge in [0, 0.05) is 11.8 Å². The van der Waals surface area contributed by atoms with Crippen molar-refractivity contribution in [1.82, 2.24) is 0 Å². The summed E-state index contributed by atoms with van der Waals surface area (Å²) in [4.78, 5) is 26.6. The van der Waals surface area contributed by atoms with E-state index in [0.29, 0.717) is 24.5 Å². The molecular formula is C26H40O8. The molecule has 11 atom stereocenters. The van der Waals surface area contributed by atoms with Gasteiger partial charge >= 0.3 is 5.97 Å². The van der Waals surface area contributed by atoms with E-state index in [-0.39, 0.29) is 22.2 Å². The van der Waals surface area contributed by atoms with Gasteiger partial charge in [0.2, 0.25) is 6.29 Å². The third kappa shape index (κ3) is 3.28. The molecule has 5 rings (SSSR count). The Morgan fingerprint density at radius 1 is 1.00 bits per heavy atom. The highest BCUT2D eigenvalue weighted by molar-refractivity contribution is 5.88. The van der Waals surface area contributed by atoms with E-state index in [1.54, 1.807) is 0 Å². The van der Waals surface area contributed by atoms with E-state index in [1.165, 1.54) is 0 Å². The first-order valence-electron chi connectivity index (χ1n) is 13.0. The number of esters is 1. The molecule has 0 aromatic carbocycles. The molecule has 34 heavy (non-hydrogen) atoms. The molecule has 4 N–H and O–H groups in total. The molecular weight excluding hydrogens is 440 g/mol. The van der Waals surface area contributed by atoms with Crippen molar-refractivity contribution in [3.8, 4) is 0 Å². The van der Waals surface area contributed by atoms with Crippen LogP contribution in [0, 0.1) is 33.5 Å². The van der Waals surface area contributed by atoms with Gasteiger partial charge in [-0.25, -0.2) is 0 Å². The van der Waals surface area contributed by atoms with Crippen LogP contribution in [0.2, 0.25) is 0 Å². The number of hydrogen-bond acceptors (Lipinski definition) is 8. The number of Topliss-reactive ketones (excluding diaryl/α,β-unsaturated/α-hetero) is 1. The Balaban J connectivity index is 1.39. The maximum Gasteiger partial charge on any atom is 0.314 e. The highest BCUT2D eigenvalue weighted by Crippen LogP contribution is 2.73. The second kappa shape index (κ2) is 7.97. The summed E-state index contributed by atoms with van der Waals surface area (Å²) in [5.74, 6) is 0.435. The minimum absolute atomic E-state index is 0.0504. The second-order valence-corrected chi connectivity index (χ2v) is 12.8. The van der Waals surface area contributed by atoms with Gasteiger partial charge in [0.05, 0.1) is 12.0 Å². The predicted molar refractivity (Wildman–Crippen MR) is 120 cm³/mol.